The van der Waals surface area contributed by atoms with Crippen LogP contribution in [0.1, 0.15) is 82.0 Å². The molecule has 260 valence electrons. The van der Waals surface area contributed by atoms with E-state index in [1.54, 1.807) is 34.3 Å². The number of hydrogen-bond acceptors (Lipinski definition) is 6. The van der Waals surface area contributed by atoms with Crippen LogP contribution in [-0.4, -0.2) is 46.7 Å². The number of carbonyl (C=O) groups is 4. The van der Waals surface area contributed by atoms with Crippen molar-refractivity contribution in [2.24, 2.45) is 11.8 Å². The molecule has 2 heterocycles. The Morgan fingerprint density at radius 3 is 1.12 bits per heavy atom. The van der Waals surface area contributed by atoms with E-state index in [-0.39, 0.29) is 22.3 Å². The number of hydrazine groups is 2. The zero-order valence-electron chi connectivity index (χ0n) is 29.8. The summed E-state index contributed by atoms with van der Waals surface area (Å²) in [6, 6.07) is 34.2. The average Bonchev–Trinajstić information content (AvgIpc) is 3.15. The van der Waals surface area contributed by atoms with Gasteiger partial charge in [0, 0.05) is 34.6 Å². The number of hydrogen-bond donors (Lipinski definition) is 0. The second-order valence-electron chi connectivity index (χ2n) is 14.5. The number of amides is 4. The van der Waals surface area contributed by atoms with E-state index in [2.05, 4.69) is 27.7 Å². The molecule has 0 fully saturated rings. The third kappa shape index (κ3) is 5.29. The maximum absolute atomic E-state index is 14.6. The monoisotopic (exact) mass is 688 g/mol. The lowest BCUT2D eigenvalue weighted by Crippen LogP contribution is -2.54. The minimum Gasteiger partial charge on any atom is -0.275 e. The van der Waals surface area contributed by atoms with Gasteiger partial charge in [0.25, 0.3) is 23.6 Å². The Bertz CT molecular complexity index is 2200. The molecule has 6 aromatic carbocycles. The zero-order valence-corrected chi connectivity index (χ0v) is 29.8. The second-order valence-corrected chi connectivity index (χ2v) is 14.5. The lowest BCUT2D eigenvalue weighted by atomic mass is 9.86. The molecule has 6 aromatic rings. The highest BCUT2D eigenvalue weighted by atomic mass is 16.2. The summed E-state index contributed by atoms with van der Waals surface area (Å²) in [6.07, 6.45) is 1.48. The fourth-order valence-corrected chi connectivity index (χ4v) is 7.57. The molecule has 2 aliphatic rings. The van der Waals surface area contributed by atoms with Crippen molar-refractivity contribution in [2.75, 3.05) is 23.1 Å². The van der Waals surface area contributed by atoms with Gasteiger partial charge in [-0.1, -0.05) is 100 Å². The lowest BCUT2D eigenvalue weighted by Gasteiger charge is -2.40. The molecule has 0 unspecified atom stereocenters. The lowest BCUT2D eigenvalue weighted by molar-refractivity contribution is 0.0566. The van der Waals surface area contributed by atoms with E-state index in [1.165, 1.54) is 10.0 Å². The van der Waals surface area contributed by atoms with E-state index in [0.717, 1.165) is 45.8 Å². The third-order valence-corrected chi connectivity index (χ3v) is 10.3. The SMILES string of the molecule is CC(C)CCN(c1cccc2ccccc12)N1C(=O)c2ccc3c4c(ccc(c24)C1=O)C(=O)N(N(CCC(C)C)c1cccc2ccccc12)C3=O. The van der Waals surface area contributed by atoms with E-state index in [0.29, 0.717) is 35.7 Å². The van der Waals surface area contributed by atoms with Crippen LogP contribution in [0.3, 0.4) is 0 Å². The van der Waals surface area contributed by atoms with Crippen molar-refractivity contribution < 1.29 is 19.2 Å². The Hall–Kier alpha value is -6.02. The van der Waals surface area contributed by atoms with Crippen LogP contribution in [0.2, 0.25) is 0 Å². The summed E-state index contributed by atoms with van der Waals surface area (Å²) in [4.78, 5) is 58.4. The first-order valence-corrected chi connectivity index (χ1v) is 18.0. The molecule has 8 heteroatoms. The molecule has 0 saturated heterocycles. The molecule has 52 heavy (non-hydrogen) atoms. The van der Waals surface area contributed by atoms with E-state index in [1.807, 2.05) is 84.9 Å². The van der Waals surface area contributed by atoms with Gasteiger partial charge in [-0.2, -0.15) is 10.0 Å². The number of imide groups is 2. The topological polar surface area (TPSA) is 81.2 Å². The summed E-state index contributed by atoms with van der Waals surface area (Å²) >= 11 is 0. The first-order chi connectivity index (χ1) is 25.2. The van der Waals surface area contributed by atoms with Crippen molar-refractivity contribution in [3.8, 4) is 0 Å². The van der Waals surface area contributed by atoms with Crippen molar-refractivity contribution in [1.82, 2.24) is 10.0 Å². The highest BCUT2D eigenvalue weighted by Crippen LogP contribution is 2.41. The van der Waals surface area contributed by atoms with Crippen LogP contribution < -0.4 is 10.0 Å². The Morgan fingerprint density at radius 1 is 0.442 bits per heavy atom. The molecule has 0 atom stereocenters. The summed E-state index contributed by atoms with van der Waals surface area (Å²) in [5.74, 6) is -1.33. The molecule has 0 aromatic heterocycles. The summed E-state index contributed by atoms with van der Waals surface area (Å²) in [7, 11) is 0. The van der Waals surface area contributed by atoms with Crippen LogP contribution in [0.4, 0.5) is 11.4 Å². The number of carbonyl (C=O) groups excluding carboxylic acids is 4. The third-order valence-electron chi connectivity index (χ3n) is 10.3. The maximum Gasteiger partial charge on any atom is 0.280 e. The van der Waals surface area contributed by atoms with Gasteiger partial charge in [0.05, 0.1) is 33.6 Å². The molecule has 4 amide bonds. The van der Waals surface area contributed by atoms with Crippen LogP contribution in [0.15, 0.2) is 109 Å². The predicted octanol–water partition coefficient (Wildman–Crippen LogP) is 9.27. The average molecular weight is 689 g/mol. The fourth-order valence-electron chi connectivity index (χ4n) is 7.57. The standard InChI is InChI=1S/C44H40N4O4/c1-27(2)23-25-45(37-17-9-13-29-11-5-7-15-31(29)37)47-41(49)33-19-21-35-40-36(22-20-34(39(33)40)42(47)50)44(52)48(43(35)51)46(26-24-28(3)4)38-18-10-14-30-12-6-8-16-32(30)38/h5-22,27-28H,23-26H2,1-4H3. The molecule has 8 nitrogen and oxygen atoms in total. The minimum absolute atomic E-state index is 0.282. The van der Waals surface area contributed by atoms with E-state index in [4.69, 9.17) is 0 Å². The molecule has 0 saturated carbocycles. The molecule has 8 rings (SSSR count). The van der Waals surface area contributed by atoms with Crippen LogP contribution in [0, 0.1) is 11.8 Å². The number of fused-ring (bicyclic) bond motifs is 2. The van der Waals surface area contributed by atoms with Gasteiger partial charge in [-0.15, -0.1) is 0 Å². The normalized spacial score (nSPS) is 14.1. The van der Waals surface area contributed by atoms with E-state index < -0.39 is 23.6 Å². The fraction of sp³-hybridized carbons (Fsp3) is 0.227. The van der Waals surface area contributed by atoms with Gasteiger partial charge in [0.15, 0.2) is 0 Å². The van der Waals surface area contributed by atoms with Crippen LogP contribution in [0.5, 0.6) is 0 Å². The Labute approximate surface area is 302 Å². The van der Waals surface area contributed by atoms with Gasteiger partial charge in [-0.05, 0) is 71.8 Å². The summed E-state index contributed by atoms with van der Waals surface area (Å²) in [5.41, 5.74) is 2.64. The van der Waals surface area contributed by atoms with Gasteiger partial charge in [0.1, 0.15) is 0 Å². The molecule has 0 N–H and O–H groups in total. The van der Waals surface area contributed by atoms with Gasteiger partial charge >= 0.3 is 0 Å². The van der Waals surface area contributed by atoms with Gasteiger partial charge in [0.2, 0.25) is 0 Å². The van der Waals surface area contributed by atoms with Crippen molar-refractivity contribution >= 4 is 67.3 Å². The molecule has 2 aliphatic heterocycles. The largest absolute Gasteiger partial charge is 0.280 e. The number of rotatable bonds is 10. The molecule has 0 spiro atoms. The smallest absolute Gasteiger partial charge is 0.275 e. The first kappa shape index (κ1) is 33.1. The first-order valence-electron chi connectivity index (χ1n) is 18.0. The van der Waals surface area contributed by atoms with Crippen molar-refractivity contribution in [1.29, 1.82) is 0 Å². The molecular weight excluding hydrogens is 649 g/mol. The molecule has 0 aliphatic carbocycles. The van der Waals surface area contributed by atoms with Crippen LogP contribution in [-0.2, 0) is 0 Å². The van der Waals surface area contributed by atoms with E-state index in [9.17, 15) is 19.2 Å². The number of nitrogens with zero attached hydrogens (tertiary/aromatic N) is 4. The Morgan fingerprint density at radius 2 is 0.769 bits per heavy atom. The Kier molecular flexibility index (Phi) is 8.25. The zero-order chi connectivity index (χ0) is 36.3. The number of anilines is 2. The number of benzene rings is 6. The van der Waals surface area contributed by atoms with Gasteiger partial charge in [-0.25, -0.2) is 0 Å². The highest BCUT2D eigenvalue weighted by molar-refractivity contribution is 6.34. The minimum atomic E-state index is -0.491. The predicted molar refractivity (Wildman–Crippen MR) is 206 cm³/mol. The van der Waals surface area contributed by atoms with Crippen molar-refractivity contribution in [3.05, 3.63) is 131 Å². The maximum atomic E-state index is 14.6. The summed E-state index contributed by atoms with van der Waals surface area (Å²) < 4.78 is 0. The van der Waals surface area contributed by atoms with Gasteiger partial charge < -0.3 is 0 Å². The van der Waals surface area contributed by atoms with Crippen molar-refractivity contribution in [2.45, 2.75) is 40.5 Å². The molecular formula is C44H40N4O4. The molecule has 0 radical (unpaired) electrons. The van der Waals surface area contributed by atoms with Crippen molar-refractivity contribution in [3.63, 3.8) is 0 Å². The summed E-state index contributed by atoms with van der Waals surface area (Å²) in [6.45, 7) is 9.31. The van der Waals surface area contributed by atoms with Gasteiger partial charge in [-0.3, -0.25) is 29.2 Å². The van der Waals surface area contributed by atoms with E-state index >= 15 is 0 Å². The molecule has 0 bridgehead atoms. The quantitative estimate of drug-likeness (QED) is 0.134. The van der Waals surface area contributed by atoms with Crippen LogP contribution in [0.25, 0.3) is 32.3 Å². The second kappa shape index (κ2) is 12.9. The Balaban J connectivity index is 1.25. The highest BCUT2D eigenvalue weighted by Gasteiger charge is 2.43. The summed E-state index contributed by atoms with van der Waals surface area (Å²) in [5, 5.41) is 10.6. The van der Waals surface area contributed by atoms with Crippen LogP contribution >= 0.6 is 0 Å².